The van der Waals surface area contributed by atoms with Crippen molar-refractivity contribution < 1.29 is 13.9 Å². The Bertz CT molecular complexity index is 551. The average molecular weight is 335 g/mol. The number of likely N-dealkylation sites (tertiary alicyclic amines) is 1. The molecule has 0 bridgehead atoms. The van der Waals surface area contributed by atoms with Gasteiger partial charge in [0.15, 0.2) is 0 Å². The van der Waals surface area contributed by atoms with E-state index in [9.17, 15) is 4.79 Å². The molecule has 2 fully saturated rings. The number of piperidine rings is 1. The number of hydrogen-bond donors (Lipinski definition) is 0. The Kier molecular flexibility index (Phi) is 5.54. The van der Waals surface area contributed by atoms with Crippen molar-refractivity contribution >= 4 is 5.91 Å². The summed E-state index contributed by atoms with van der Waals surface area (Å²) in [5, 5.41) is 8.08. The molecule has 24 heavy (non-hydrogen) atoms. The van der Waals surface area contributed by atoms with Gasteiger partial charge in [-0.2, -0.15) is 0 Å². The molecular weight excluding hydrogens is 306 g/mol. The third kappa shape index (κ3) is 3.97. The molecule has 2 aliphatic rings. The Balaban J connectivity index is 1.54. The normalized spacial score (nSPS) is 31.2. The van der Waals surface area contributed by atoms with Crippen LogP contribution in [0.1, 0.15) is 70.1 Å². The molecule has 0 aromatic carbocycles. The molecule has 1 saturated heterocycles. The fourth-order valence-corrected chi connectivity index (χ4v) is 3.96. The second-order valence-electron chi connectivity index (χ2n) is 7.43. The predicted molar refractivity (Wildman–Crippen MR) is 89.6 cm³/mol. The first kappa shape index (κ1) is 17.4. The number of ether oxygens (including phenoxy) is 1. The van der Waals surface area contributed by atoms with Crippen molar-refractivity contribution in [2.45, 2.75) is 77.4 Å². The monoisotopic (exact) mass is 335 g/mol. The smallest absolute Gasteiger partial charge is 0.248 e. The molecular formula is C18H29N3O3. The van der Waals surface area contributed by atoms with Crippen LogP contribution in [0.5, 0.6) is 0 Å². The van der Waals surface area contributed by atoms with Crippen LogP contribution in [0.25, 0.3) is 0 Å². The zero-order chi connectivity index (χ0) is 17.1. The van der Waals surface area contributed by atoms with E-state index >= 15 is 0 Å². The summed E-state index contributed by atoms with van der Waals surface area (Å²) >= 11 is 0. The van der Waals surface area contributed by atoms with E-state index < -0.39 is 0 Å². The molecule has 0 spiro atoms. The van der Waals surface area contributed by atoms with Gasteiger partial charge in [0.05, 0.1) is 12.0 Å². The molecule has 1 saturated carbocycles. The van der Waals surface area contributed by atoms with E-state index in [1.165, 1.54) is 12.8 Å². The quantitative estimate of drug-likeness (QED) is 0.846. The van der Waals surface area contributed by atoms with Crippen LogP contribution in [0.15, 0.2) is 4.42 Å². The molecule has 2 heterocycles. The lowest BCUT2D eigenvalue weighted by Crippen LogP contribution is -2.47. The number of hydrogen-bond acceptors (Lipinski definition) is 5. The van der Waals surface area contributed by atoms with Gasteiger partial charge in [-0.05, 0) is 51.4 Å². The summed E-state index contributed by atoms with van der Waals surface area (Å²) in [5.41, 5.74) is 0. The molecule has 0 radical (unpaired) electrons. The third-order valence-corrected chi connectivity index (χ3v) is 5.57. The lowest BCUT2D eigenvalue weighted by Gasteiger charge is -2.38. The number of carbonyl (C=O) groups excluding carboxylic acids is 1. The van der Waals surface area contributed by atoms with Gasteiger partial charge >= 0.3 is 0 Å². The average Bonchev–Trinajstić information content (AvgIpc) is 3.00. The molecule has 0 unspecified atom stereocenters. The lowest BCUT2D eigenvalue weighted by molar-refractivity contribution is -0.143. The van der Waals surface area contributed by atoms with E-state index in [0.717, 1.165) is 38.1 Å². The molecule has 1 aromatic rings. The summed E-state index contributed by atoms with van der Waals surface area (Å²) in [6.07, 6.45) is 6.76. The standard InChI is InChI=1S/C18H29N3O3/c1-12-6-8-15(9-7-12)23-11-17(22)21-10-4-5-16(13(21)2)18-20-19-14(3)24-18/h12-13,15-16H,4-11H2,1-3H3/t12?,13-,15?,16-/m0/s1. The van der Waals surface area contributed by atoms with Gasteiger partial charge in [0, 0.05) is 19.5 Å². The van der Waals surface area contributed by atoms with E-state index in [0.29, 0.717) is 11.8 Å². The Labute approximate surface area is 143 Å². The Morgan fingerprint density at radius 3 is 2.62 bits per heavy atom. The van der Waals surface area contributed by atoms with Crippen molar-refractivity contribution in [1.29, 1.82) is 0 Å². The second-order valence-corrected chi connectivity index (χ2v) is 7.43. The van der Waals surface area contributed by atoms with E-state index in [1.54, 1.807) is 6.92 Å². The summed E-state index contributed by atoms with van der Waals surface area (Å²) in [5.74, 6) is 2.23. The molecule has 6 nitrogen and oxygen atoms in total. The summed E-state index contributed by atoms with van der Waals surface area (Å²) < 4.78 is 11.5. The van der Waals surface area contributed by atoms with Crippen LogP contribution in [0.4, 0.5) is 0 Å². The number of nitrogens with zero attached hydrogens (tertiary/aromatic N) is 3. The third-order valence-electron chi connectivity index (χ3n) is 5.57. The lowest BCUT2D eigenvalue weighted by atomic mass is 9.89. The van der Waals surface area contributed by atoms with Gasteiger partial charge < -0.3 is 14.1 Å². The Morgan fingerprint density at radius 2 is 1.96 bits per heavy atom. The fraction of sp³-hybridized carbons (Fsp3) is 0.833. The van der Waals surface area contributed by atoms with Crippen LogP contribution in [0, 0.1) is 12.8 Å². The first-order valence-corrected chi connectivity index (χ1v) is 9.25. The van der Waals surface area contributed by atoms with Crippen LogP contribution in [0.2, 0.25) is 0 Å². The number of aryl methyl sites for hydroxylation is 1. The minimum atomic E-state index is 0.0704. The van der Waals surface area contributed by atoms with Crippen LogP contribution in [-0.2, 0) is 9.53 Å². The predicted octanol–water partition coefficient (Wildman–Crippen LogP) is 3.07. The second kappa shape index (κ2) is 7.64. The fourth-order valence-electron chi connectivity index (χ4n) is 3.96. The molecule has 1 aromatic heterocycles. The zero-order valence-electron chi connectivity index (χ0n) is 15.0. The van der Waals surface area contributed by atoms with Crippen LogP contribution in [-0.4, -0.2) is 46.3 Å². The molecule has 2 atom stereocenters. The molecule has 1 amide bonds. The highest BCUT2D eigenvalue weighted by Gasteiger charge is 2.35. The maximum absolute atomic E-state index is 12.6. The minimum absolute atomic E-state index is 0.0704. The summed E-state index contributed by atoms with van der Waals surface area (Å²) in [6.45, 7) is 7.14. The maximum Gasteiger partial charge on any atom is 0.248 e. The molecule has 3 rings (SSSR count). The van der Waals surface area contributed by atoms with Gasteiger partial charge in [-0.3, -0.25) is 4.79 Å². The van der Waals surface area contributed by atoms with Gasteiger partial charge in [0.2, 0.25) is 17.7 Å². The van der Waals surface area contributed by atoms with E-state index in [1.807, 2.05) is 4.90 Å². The Morgan fingerprint density at radius 1 is 1.21 bits per heavy atom. The molecule has 134 valence electrons. The molecule has 0 N–H and O–H groups in total. The molecule has 1 aliphatic heterocycles. The summed E-state index contributed by atoms with van der Waals surface area (Å²) in [4.78, 5) is 14.6. The van der Waals surface area contributed by atoms with Crippen LogP contribution < -0.4 is 0 Å². The highest BCUT2D eigenvalue weighted by molar-refractivity contribution is 5.78. The number of carbonyl (C=O) groups is 1. The maximum atomic E-state index is 12.6. The van der Waals surface area contributed by atoms with Gasteiger partial charge in [0.1, 0.15) is 6.61 Å². The van der Waals surface area contributed by atoms with E-state index in [-0.39, 0.29) is 30.6 Å². The van der Waals surface area contributed by atoms with Crippen molar-refractivity contribution in [2.24, 2.45) is 5.92 Å². The van der Waals surface area contributed by atoms with Crippen molar-refractivity contribution in [1.82, 2.24) is 15.1 Å². The van der Waals surface area contributed by atoms with Crippen molar-refractivity contribution in [3.8, 4) is 0 Å². The minimum Gasteiger partial charge on any atom is -0.425 e. The zero-order valence-corrected chi connectivity index (χ0v) is 15.0. The van der Waals surface area contributed by atoms with E-state index in [4.69, 9.17) is 9.15 Å². The van der Waals surface area contributed by atoms with Gasteiger partial charge in [-0.15, -0.1) is 10.2 Å². The number of aromatic nitrogens is 2. The number of rotatable bonds is 4. The largest absolute Gasteiger partial charge is 0.425 e. The summed E-state index contributed by atoms with van der Waals surface area (Å²) in [6, 6.07) is 0.0704. The number of amides is 1. The van der Waals surface area contributed by atoms with Crippen LogP contribution in [0.3, 0.4) is 0 Å². The topological polar surface area (TPSA) is 68.5 Å². The highest BCUT2D eigenvalue weighted by atomic mass is 16.5. The molecule has 1 aliphatic carbocycles. The first-order chi connectivity index (χ1) is 11.5. The summed E-state index contributed by atoms with van der Waals surface area (Å²) in [7, 11) is 0. The van der Waals surface area contributed by atoms with Crippen molar-refractivity contribution in [3.63, 3.8) is 0 Å². The Hall–Kier alpha value is -1.43. The van der Waals surface area contributed by atoms with Crippen molar-refractivity contribution in [3.05, 3.63) is 11.8 Å². The van der Waals surface area contributed by atoms with Crippen molar-refractivity contribution in [2.75, 3.05) is 13.2 Å². The SMILES string of the molecule is Cc1nnc([C@H]2CCCN(C(=O)COC3CCC(C)CC3)[C@H]2C)o1. The molecule has 6 heteroatoms. The van der Waals surface area contributed by atoms with Crippen LogP contribution >= 0.6 is 0 Å². The van der Waals surface area contributed by atoms with Gasteiger partial charge in [-0.25, -0.2) is 0 Å². The van der Waals surface area contributed by atoms with Gasteiger partial charge in [-0.1, -0.05) is 6.92 Å². The first-order valence-electron chi connectivity index (χ1n) is 9.25. The highest BCUT2D eigenvalue weighted by Crippen LogP contribution is 2.32. The van der Waals surface area contributed by atoms with E-state index in [2.05, 4.69) is 24.0 Å². The van der Waals surface area contributed by atoms with Gasteiger partial charge in [0.25, 0.3) is 0 Å².